The van der Waals surface area contributed by atoms with E-state index in [0.29, 0.717) is 12.3 Å². The summed E-state index contributed by atoms with van der Waals surface area (Å²) in [4.78, 5) is 10.8. The maximum Gasteiger partial charge on any atom is 0.131 e. The van der Waals surface area contributed by atoms with Crippen molar-refractivity contribution in [3.63, 3.8) is 0 Å². The van der Waals surface area contributed by atoms with Crippen molar-refractivity contribution >= 4 is 5.78 Å². The maximum atomic E-state index is 10.8. The monoisotopic (exact) mass is 247 g/mol. The lowest BCUT2D eigenvalue weighted by Gasteiger charge is -2.07. The molecule has 0 unspecified atom stereocenters. The van der Waals surface area contributed by atoms with Gasteiger partial charge in [-0.15, -0.1) is 0 Å². The van der Waals surface area contributed by atoms with Crippen LogP contribution in [0.3, 0.4) is 0 Å². The number of hydrogen-bond acceptors (Lipinski definition) is 2. The molecule has 0 fully saturated rings. The summed E-state index contributed by atoms with van der Waals surface area (Å²) in [7, 11) is 0. The Labute approximate surface area is 111 Å². The highest BCUT2D eigenvalue weighted by atomic mass is 16.1. The van der Waals surface area contributed by atoms with E-state index in [1.54, 1.807) is 6.92 Å². The fourth-order valence-corrected chi connectivity index (χ4v) is 1.94. The first-order valence-corrected chi connectivity index (χ1v) is 6.86. The van der Waals surface area contributed by atoms with E-state index in [2.05, 4.69) is 43.4 Å². The Morgan fingerprint density at radius 2 is 1.72 bits per heavy atom. The number of hydrogen-bond donors (Lipinski definition) is 1. The zero-order chi connectivity index (χ0) is 13.4. The lowest BCUT2D eigenvalue weighted by molar-refractivity contribution is -0.116. The van der Waals surface area contributed by atoms with Crippen molar-refractivity contribution < 1.29 is 4.79 Å². The number of rotatable bonds is 8. The summed E-state index contributed by atoms with van der Waals surface area (Å²) < 4.78 is 0. The zero-order valence-electron chi connectivity index (χ0n) is 11.8. The molecule has 0 aromatic heterocycles. The molecule has 0 aliphatic rings. The molecule has 0 aliphatic carbocycles. The van der Waals surface area contributed by atoms with Crippen LogP contribution in [0.15, 0.2) is 24.3 Å². The molecule has 2 heteroatoms. The summed E-state index contributed by atoms with van der Waals surface area (Å²) in [6.45, 7) is 7.85. The van der Waals surface area contributed by atoms with E-state index in [9.17, 15) is 4.79 Å². The summed E-state index contributed by atoms with van der Waals surface area (Å²) >= 11 is 0. The number of ketones is 1. The third-order valence-corrected chi connectivity index (χ3v) is 2.91. The van der Waals surface area contributed by atoms with Crippen LogP contribution in [0.25, 0.3) is 0 Å². The number of carbonyl (C=O) groups excluding carboxylic acids is 1. The molecule has 0 radical (unpaired) electrons. The number of nitrogens with one attached hydrogen (secondary N) is 1. The third-order valence-electron chi connectivity index (χ3n) is 2.91. The maximum absolute atomic E-state index is 10.8. The van der Waals surface area contributed by atoms with E-state index >= 15 is 0 Å². The molecule has 2 nitrogen and oxygen atoms in total. The van der Waals surface area contributed by atoms with Crippen molar-refractivity contribution in [2.45, 2.75) is 40.0 Å². The predicted molar refractivity (Wildman–Crippen MR) is 76.9 cm³/mol. The second kappa shape index (κ2) is 8.04. The topological polar surface area (TPSA) is 29.1 Å². The molecule has 1 aromatic rings. The van der Waals surface area contributed by atoms with Crippen LogP contribution in [0.5, 0.6) is 0 Å². The van der Waals surface area contributed by atoms with Gasteiger partial charge >= 0.3 is 0 Å². The molecule has 0 amide bonds. The second-order valence-electron chi connectivity index (χ2n) is 5.37. The quantitative estimate of drug-likeness (QED) is 0.716. The highest BCUT2D eigenvalue weighted by Gasteiger charge is 1.98. The molecule has 0 heterocycles. The predicted octanol–water partition coefficient (Wildman–Crippen LogP) is 3.00. The van der Waals surface area contributed by atoms with Gasteiger partial charge in [0.15, 0.2) is 0 Å². The van der Waals surface area contributed by atoms with Crippen LogP contribution in [0, 0.1) is 5.92 Å². The summed E-state index contributed by atoms with van der Waals surface area (Å²) in [5, 5.41) is 3.29. The lowest BCUT2D eigenvalue weighted by Crippen LogP contribution is -2.20. The minimum atomic E-state index is 0.250. The number of benzene rings is 1. The molecule has 0 saturated carbocycles. The Kier molecular flexibility index (Phi) is 6.66. The highest BCUT2D eigenvalue weighted by molar-refractivity contribution is 5.75. The summed E-state index contributed by atoms with van der Waals surface area (Å²) in [5.41, 5.74) is 2.77. The number of Topliss-reactive ketones (excluding diaryl/α,β-unsaturated/α-hetero) is 1. The van der Waals surface area contributed by atoms with E-state index in [1.165, 1.54) is 11.1 Å². The average Bonchev–Trinajstić information content (AvgIpc) is 2.30. The summed E-state index contributed by atoms with van der Waals surface area (Å²) in [5.74, 6) is 0.963. The Morgan fingerprint density at radius 1 is 1.11 bits per heavy atom. The third kappa shape index (κ3) is 6.55. The fraction of sp³-hybridized carbons (Fsp3) is 0.562. The first-order valence-electron chi connectivity index (χ1n) is 6.86. The van der Waals surface area contributed by atoms with Gasteiger partial charge in [0.25, 0.3) is 0 Å². The molecule has 0 aliphatic heterocycles. The van der Waals surface area contributed by atoms with Crippen molar-refractivity contribution in [2.75, 3.05) is 13.1 Å². The van der Waals surface area contributed by atoms with Gasteiger partial charge in [-0.1, -0.05) is 38.1 Å². The van der Waals surface area contributed by atoms with Crippen molar-refractivity contribution in [1.29, 1.82) is 0 Å². The molecule has 0 bridgehead atoms. The smallest absolute Gasteiger partial charge is 0.131 e. The van der Waals surface area contributed by atoms with Crippen LogP contribution >= 0.6 is 0 Å². The first kappa shape index (κ1) is 14.9. The standard InChI is InChI=1S/C16H25NO/c1-13(2)12-16-6-4-15(5-7-16)9-11-17-10-8-14(3)18/h4-7,13,17H,8-12H2,1-3H3. The largest absolute Gasteiger partial charge is 0.316 e. The summed E-state index contributed by atoms with van der Waals surface area (Å²) in [6, 6.07) is 8.88. The van der Waals surface area contributed by atoms with E-state index in [-0.39, 0.29) is 5.78 Å². The van der Waals surface area contributed by atoms with E-state index in [0.717, 1.165) is 25.9 Å². The van der Waals surface area contributed by atoms with Crippen LogP contribution in [0.2, 0.25) is 0 Å². The normalized spacial score (nSPS) is 10.9. The molecule has 0 spiro atoms. The zero-order valence-corrected chi connectivity index (χ0v) is 11.8. The van der Waals surface area contributed by atoms with Gasteiger partial charge in [-0.25, -0.2) is 0 Å². The number of carbonyl (C=O) groups is 1. The Bertz CT molecular complexity index is 354. The minimum absolute atomic E-state index is 0.250. The van der Waals surface area contributed by atoms with E-state index in [1.807, 2.05) is 0 Å². The molecular formula is C16H25NO. The van der Waals surface area contributed by atoms with Gasteiger partial charge in [0.2, 0.25) is 0 Å². The van der Waals surface area contributed by atoms with Gasteiger partial charge in [-0.3, -0.25) is 4.79 Å². The molecule has 0 atom stereocenters. The van der Waals surface area contributed by atoms with Gasteiger partial charge < -0.3 is 5.32 Å². The molecule has 1 N–H and O–H groups in total. The fourth-order valence-electron chi connectivity index (χ4n) is 1.94. The second-order valence-corrected chi connectivity index (χ2v) is 5.37. The molecule has 0 saturated heterocycles. The first-order chi connectivity index (χ1) is 8.58. The van der Waals surface area contributed by atoms with Gasteiger partial charge in [-0.05, 0) is 43.4 Å². The Hall–Kier alpha value is -1.15. The van der Waals surface area contributed by atoms with Crippen LogP contribution in [-0.2, 0) is 17.6 Å². The van der Waals surface area contributed by atoms with Gasteiger partial charge in [0, 0.05) is 13.0 Å². The summed E-state index contributed by atoms with van der Waals surface area (Å²) in [6.07, 6.45) is 2.81. The van der Waals surface area contributed by atoms with E-state index in [4.69, 9.17) is 0 Å². The van der Waals surface area contributed by atoms with Crippen LogP contribution < -0.4 is 5.32 Å². The van der Waals surface area contributed by atoms with E-state index < -0.39 is 0 Å². The SMILES string of the molecule is CC(=O)CCNCCc1ccc(CC(C)C)cc1. The Balaban J connectivity index is 2.24. The Morgan fingerprint density at radius 3 is 2.28 bits per heavy atom. The van der Waals surface area contributed by atoms with Crippen molar-refractivity contribution in [3.05, 3.63) is 35.4 Å². The minimum Gasteiger partial charge on any atom is -0.316 e. The van der Waals surface area contributed by atoms with Crippen LogP contribution in [-0.4, -0.2) is 18.9 Å². The van der Waals surface area contributed by atoms with Gasteiger partial charge in [-0.2, -0.15) is 0 Å². The van der Waals surface area contributed by atoms with Gasteiger partial charge in [0.1, 0.15) is 5.78 Å². The molecule has 18 heavy (non-hydrogen) atoms. The van der Waals surface area contributed by atoms with Crippen molar-refractivity contribution in [3.8, 4) is 0 Å². The molecular weight excluding hydrogens is 222 g/mol. The van der Waals surface area contributed by atoms with Gasteiger partial charge in [0.05, 0.1) is 0 Å². The van der Waals surface area contributed by atoms with Crippen LogP contribution in [0.1, 0.15) is 38.3 Å². The highest BCUT2D eigenvalue weighted by Crippen LogP contribution is 2.09. The van der Waals surface area contributed by atoms with Crippen molar-refractivity contribution in [1.82, 2.24) is 5.32 Å². The molecule has 100 valence electrons. The lowest BCUT2D eigenvalue weighted by atomic mass is 10.0. The average molecular weight is 247 g/mol. The van der Waals surface area contributed by atoms with Crippen LogP contribution in [0.4, 0.5) is 0 Å². The van der Waals surface area contributed by atoms with Crippen molar-refractivity contribution in [2.24, 2.45) is 5.92 Å². The molecule has 1 aromatic carbocycles. The molecule has 1 rings (SSSR count).